The highest BCUT2D eigenvalue weighted by Crippen LogP contribution is 2.20. The number of ether oxygens (including phenoxy) is 1. The summed E-state index contributed by atoms with van der Waals surface area (Å²) in [5.74, 6) is 0. The van der Waals surface area contributed by atoms with Crippen LogP contribution in [0.15, 0.2) is 24.3 Å². The first kappa shape index (κ1) is 15.1. The van der Waals surface area contributed by atoms with Gasteiger partial charge in [-0.15, -0.1) is 0 Å². The van der Waals surface area contributed by atoms with Gasteiger partial charge in [0.05, 0.1) is 23.9 Å². The van der Waals surface area contributed by atoms with Crippen LogP contribution in [-0.4, -0.2) is 68.3 Å². The Kier molecular flexibility index (Phi) is 5.36. The van der Waals surface area contributed by atoms with Gasteiger partial charge in [0, 0.05) is 38.8 Å². The van der Waals surface area contributed by atoms with Gasteiger partial charge in [0.15, 0.2) is 0 Å². The molecule has 5 heteroatoms. The molecule has 1 aromatic carbocycles. The maximum atomic E-state index is 6.15. The Morgan fingerprint density at radius 3 is 2.81 bits per heavy atom. The largest absolute Gasteiger partial charge is 0.383 e. The normalized spacial score (nSPS) is 24.3. The van der Waals surface area contributed by atoms with E-state index in [1.54, 1.807) is 0 Å². The lowest BCUT2D eigenvalue weighted by atomic mass is 10.2. The maximum absolute atomic E-state index is 6.15. The zero-order chi connectivity index (χ0) is 14.5. The number of rotatable bonds is 5. The molecule has 4 nitrogen and oxygen atoms in total. The van der Waals surface area contributed by atoms with Crippen LogP contribution in [0.4, 0.5) is 5.69 Å². The molecule has 2 aliphatic rings. The van der Waals surface area contributed by atoms with E-state index in [4.69, 9.17) is 16.3 Å². The van der Waals surface area contributed by atoms with Crippen molar-refractivity contribution in [2.75, 3.05) is 57.8 Å². The van der Waals surface area contributed by atoms with Gasteiger partial charge in [-0.25, -0.2) is 0 Å². The highest BCUT2D eigenvalue weighted by atomic mass is 35.5. The van der Waals surface area contributed by atoms with Gasteiger partial charge >= 0.3 is 0 Å². The molecule has 0 radical (unpaired) electrons. The molecule has 0 saturated carbocycles. The molecule has 21 heavy (non-hydrogen) atoms. The lowest BCUT2D eigenvalue weighted by Crippen LogP contribution is -2.44. The van der Waals surface area contributed by atoms with E-state index in [0.717, 1.165) is 50.1 Å². The fraction of sp³-hybridized carbons (Fsp3) is 0.625. The second kappa shape index (κ2) is 7.45. The predicted octanol–water partition coefficient (Wildman–Crippen LogP) is 2.16. The molecule has 0 amide bonds. The lowest BCUT2D eigenvalue weighted by Gasteiger charge is -2.32. The molecule has 1 unspecified atom stereocenters. The Balaban J connectivity index is 1.40. The second-order valence-corrected chi connectivity index (χ2v) is 6.21. The molecule has 2 heterocycles. The fourth-order valence-corrected chi connectivity index (χ4v) is 3.41. The summed E-state index contributed by atoms with van der Waals surface area (Å²) in [6, 6.07) is 8.64. The average Bonchev–Trinajstić information content (AvgIpc) is 2.99. The van der Waals surface area contributed by atoms with E-state index >= 15 is 0 Å². The number of halogens is 1. The Morgan fingerprint density at radius 1 is 1.19 bits per heavy atom. The highest BCUT2D eigenvalue weighted by molar-refractivity contribution is 6.33. The Hall–Kier alpha value is -0.810. The number of nitrogens with zero attached hydrogens (tertiary/aromatic N) is 2. The summed E-state index contributed by atoms with van der Waals surface area (Å²) in [6.45, 7) is 8.38. The third kappa shape index (κ3) is 4.10. The van der Waals surface area contributed by atoms with Crippen molar-refractivity contribution in [3.8, 4) is 0 Å². The number of hydrogen-bond donors (Lipinski definition) is 1. The number of morpholine rings is 1. The second-order valence-electron chi connectivity index (χ2n) is 5.80. The number of likely N-dealkylation sites (tertiary alicyclic amines) is 1. The van der Waals surface area contributed by atoms with Gasteiger partial charge in [0.1, 0.15) is 0 Å². The van der Waals surface area contributed by atoms with Crippen molar-refractivity contribution in [3.63, 3.8) is 0 Å². The van der Waals surface area contributed by atoms with Gasteiger partial charge in [0.2, 0.25) is 0 Å². The molecule has 1 atom stereocenters. The summed E-state index contributed by atoms with van der Waals surface area (Å²) in [6.07, 6.45) is 1.28. The number of benzene rings is 1. The van der Waals surface area contributed by atoms with Crippen molar-refractivity contribution in [2.24, 2.45) is 0 Å². The van der Waals surface area contributed by atoms with E-state index in [-0.39, 0.29) is 0 Å². The maximum Gasteiger partial charge on any atom is 0.0637 e. The zero-order valence-corrected chi connectivity index (χ0v) is 13.2. The monoisotopic (exact) mass is 309 g/mol. The van der Waals surface area contributed by atoms with Crippen molar-refractivity contribution in [1.29, 1.82) is 0 Å². The van der Waals surface area contributed by atoms with Crippen molar-refractivity contribution >= 4 is 17.3 Å². The minimum atomic E-state index is 0.717. The number of hydrogen-bond acceptors (Lipinski definition) is 4. The van der Waals surface area contributed by atoms with Crippen LogP contribution >= 0.6 is 11.6 Å². The quantitative estimate of drug-likeness (QED) is 0.902. The third-order valence-corrected chi connectivity index (χ3v) is 4.76. The molecule has 1 N–H and O–H groups in total. The first-order valence-electron chi connectivity index (χ1n) is 7.85. The molecule has 0 aromatic heterocycles. The van der Waals surface area contributed by atoms with E-state index in [1.807, 2.05) is 24.3 Å². The Labute approximate surface area is 132 Å². The molecular weight excluding hydrogens is 286 g/mol. The number of nitrogens with one attached hydrogen (secondary N) is 1. The molecule has 2 aliphatic heterocycles. The lowest BCUT2D eigenvalue weighted by molar-refractivity contribution is 0.0186. The molecule has 2 fully saturated rings. The van der Waals surface area contributed by atoms with Crippen LogP contribution in [0.5, 0.6) is 0 Å². The number of para-hydroxylation sites is 1. The van der Waals surface area contributed by atoms with Crippen LogP contribution in [0.2, 0.25) is 5.02 Å². The third-order valence-electron chi connectivity index (χ3n) is 4.43. The zero-order valence-electron chi connectivity index (χ0n) is 12.4. The van der Waals surface area contributed by atoms with Crippen LogP contribution in [-0.2, 0) is 4.74 Å². The summed E-state index contributed by atoms with van der Waals surface area (Å²) in [4.78, 5) is 5.13. The van der Waals surface area contributed by atoms with Gasteiger partial charge < -0.3 is 10.1 Å². The predicted molar refractivity (Wildman–Crippen MR) is 87.2 cm³/mol. The van der Waals surface area contributed by atoms with Crippen LogP contribution in [0.3, 0.4) is 0 Å². The van der Waals surface area contributed by atoms with Crippen LogP contribution in [0, 0.1) is 0 Å². The summed E-state index contributed by atoms with van der Waals surface area (Å²) in [7, 11) is 0. The summed E-state index contributed by atoms with van der Waals surface area (Å²) < 4.78 is 5.43. The molecule has 2 saturated heterocycles. The first-order valence-corrected chi connectivity index (χ1v) is 8.23. The Morgan fingerprint density at radius 2 is 2.00 bits per heavy atom. The van der Waals surface area contributed by atoms with E-state index in [1.165, 1.54) is 19.5 Å². The van der Waals surface area contributed by atoms with Gasteiger partial charge in [-0.05, 0) is 25.1 Å². The fourth-order valence-electron chi connectivity index (χ4n) is 3.21. The molecule has 3 rings (SSSR count). The van der Waals surface area contributed by atoms with Gasteiger partial charge in [-0.3, -0.25) is 9.80 Å². The molecular formula is C16H24ClN3O. The minimum Gasteiger partial charge on any atom is -0.383 e. The van der Waals surface area contributed by atoms with Crippen LogP contribution in [0.25, 0.3) is 0 Å². The van der Waals surface area contributed by atoms with Crippen molar-refractivity contribution in [3.05, 3.63) is 29.3 Å². The smallest absolute Gasteiger partial charge is 0.0637 e. The van der Waals surface area contributed by atoms with Gasteiger partial charge in [-0.1, -0.05) is 23.7 Å². The van der Waals surface area contributed by atoms with Crippen molar-refractivity contribution < 1.29 is 4.74 Å². The molecule has 116 valence electrons. The summed E-state index contributed by atoms with van der Waals surface area (Å²) in [5, 5.41) is 4.22. The van der Waals surface area contributed by atoms with Gasteiger partial charge in [0.25, 0.3) is 0 Å². The van der Waals surface area contributed by atoms with Crippen LogP contribution in [0.1, 0.15) is 6.42 Å². The minimum absolute atomic E-state index is 0.717. The van der Waals surface area contributed by atoms with E-state index in [9.17, 15) is 0 Å². The topological polar surface area (TPSA) is 27.7 Å². The van der Waals surface area contributed by atoms with Crippen LogP contribution < -0.4 is 5.32 Å². The molecule has 0 aliphatic carbocycles. The SMILES string of the molecule is Clc1ccccc1NCCN1CCC(N2CCOCC2)C1. The van der Waals surface area contributed by atoms with E-state index in [0.29, 0.717) is 6.04 Å². The van der Waals surface area contributed by atoms with Crippen molar-refractivity contribution in [1.82, 2.24) is 9.80 Å². The summed E-state index contributed by atoms with van der Waals surface area (Å²) in [5.41, 5.74) is 1.03. The Bertz CT molecular complexity index is 451. The average molecular weight is 310 g/mol. The summed E-state index contributed by atoms with van der Waals surface area (Å²) >= 11 is 6.15. The molecule has 1 aromatic rings. The standard InChI is InChI=1S/C16H24ClN3O/c17-15-3-1-2-4-16(15)18-6-8-19-7-5-14(13-19)20-9-11-21-12-10-20/h1-4,14,18H,5-13H2. The van der Waals surface area contributed by atoms with E-state index < -0.39 is 0 Å². The molecule has 0 spiro atoms. The van der Waals surface area contributed by atoms with Gasteiger partial charge in [-0.2, -0.15) is 0 Å². The van der Waals surface area contributed by atoms with Crippen molar-refractivity contribution in [2.45, 2.75) is 12.5 Å². The first-order chi connectivity index (χ1) is 10.3. The highest BCUT2D eigenvalue weighted by Gasteiger charge is 2.28. The van der Waals surface area contributed by atoms with E-state index in [2.05, 4.69) is 15.1 Å². The number of anilines is 1. The molecule has 0 bridgehead atoms.